The number of hydrogen-bond donors (Lipinski definition) is 6. The van der Waals surface area contributed by atoms with E-state index in [1.807, 2.05) is 6.08 Å². The van der Waals surface area contributed by atoms with E-state index >= 15 is 0 Å². The summed E-state index contributed by atoms with van der Waals surface area (Å²) in [6.07, 6.45) is 63.6. The normalized spacial score (nSPS) is 19.1. The Morgan fingerprint density at radius 2 is 0.852 bits per heavy atom. The van der Waals surface area contributed by atoms with Crippen molar-refractivity contribution in [2.75, 3.05) is 13.2 Å². The summed E-state index contributed by atoms with van der Waals surface area (Å²) in [5.74, 6) is -1.21. The third-order valence-electron chi connectivity index (χ3n) is 15.6. The van der Waals surface area contributed by atoms with Gasteiger partial charge in [0.2, 0.25) is 5.91 Å². The summed E-state index contributed by atoms with van der Waals surface area (Å²) in [6, 6.07) is -1.04. The molecule has 0 radical (unpaired) electrons. The van der Waals surface area contributed by atoms with Crippen LogP contribution in [-0.2, 0) is 23.8 Å². The fourth-order valence-corrected chi connectivity index (χ4v) is 10.2. The van der Waals surface area contributed by atoms with Crippen molar-refractivity contribution in [1.82, 2.24) is 5.32 Å². The van der Waals surface area contributed by atoms with Gasteiger partial charge in [0.1, 0.15) is 24.4 Å². The lowest BCUT2D eigenvalue weighted by Gasteiger charge is -2.41. The van der Waals surface area contributed by atoms with E-state index in [-0.39, 0.29) is 19.4 Å². The molecule has 0 aliphatic carbocycles. The van der Waals surface area contributed by atoms with E-state index in [1.54, 1.807) is 6.08 Å². The summed E-state index contributed by atoms with van der Waals surface area (Å²) >= 11 is 0. The van der Waals surface area contributed by atoms with Crippen molar-refractivity contribution in [1.29, 1.82) is 0 Å². The SMILES string of the molecule is CCCCC/C=C\C/C=C\C/C=C\C/C=C\CCCCCCC(O)C(=O)NC(COC1OC(CO)C(O)C(O)C1OC(=O)CCCCCCCCCCC/C=C/CCCCCCCC)C(O)/C=C/CCCCCCCCCCCCC. The van der Waals surface area contributed by atoms with Crippen LogP contribution >= 0.6 is 0 Å². The van der Waals surface area contributed by atoms with Gasteiger partial charge in [-0.15, -0.1) is 0 Å². The molecule has 1 fully saturated rings. The van der Waals surface area contributed by atoms with Crippen LogP contribution in [0.15, 0.2) is 72.9 Å². The number of aliphatic hydroxyl groups is 5. The number of nitrogens with one attached hydrogen (secondary N) is 1. The lowest BCUT2D eigenvalue weighted by Crippen LogP contribution is -2.61. The van der Waals surface area contributed by atoms with Gasteiger partial charge in [-0.3, -0.25) is 9.59 Å². The monoisotopic (exact) mass is 1140 g/mol. The number of aliphatic hydroxyl groups excluding tert-OH is 5. The summed E-state index contributed by atoms with van der Waals surface area (Å²) in [5, 5.41) is 57.1. The number of rotatable bonds is 57. The number of unbranched alkanes of at least 4 members (excludes halogenated alkanes) is 33. The van der Waals surface area contributed by atoms with E-state index in [1.165, 1.54) is 167 Å². The molecule has 8 atom stereocenters. The minimum absolute atomic E-state index is 0.117. The molecule has 0 aromatic rings. The van der Waals surface area contributed by atoms with Gasteiger partial charge in [-0.25, -0.2) is 0 Å². The molecule has 0 spiro atoms. The highest BCUT2D eigenvalue weighted by Gasteiger charge is 2.47. The van der Waals surface area contributed by atoms with Crippen molar-refractivity contribution in [3.63, 3.8) is 0 Å². The second kappa shape index (κ2) is 57.5. The Morgan fingerprint density at radius 1 is 0.481 bits per heavy atom. The molecule has 0 saturated carbocycles. The molecule has 8 unspecified atom stereocenters. The van der Waals surface area contributed by atoms with Crippen LogP contribution in [0.4, 0.5) is 0 Å². The van der Waals surface area contributed by atoms with Gasteiger partial charge in [0.05, 0.1) is 25.4 Å². The minimum atomic E-state index is -1.62. The van der Waals surface area contributed by atoms with Gasteiger partial charge in [0.25, 0.3) is 0 Å². The van der Waals surface area contributed by atoms with E-state index < -0.39 is 67.4 Å². The molecular formula is C70H125NO10. The van der Waals surface area contributed by atoms with Crippen LogP contribution in [-0.4, -0.2) is 99.6 Å². The van der Waals surface area contributed by atoms with Crippen LogP contribution in [0.2, 0.25) is 0 Å². The van der Waals surface area contributed by atoms with Gasteiger partial charge in [-0.1, -0.05) is 267 Å². The van der Waals surface area contributed by atoms with Gasteiger partial charge >= 0.3 is 5.97 Å². The number of carbonyl (C=O) groups excluding carboxylic acids is 2. The average molecular weight is 1140 g/mol. The molecule has 470 valence electrons. The van der Waals surface area contributed by atoms with E-state index in [2.05, 4.69) is 86.8 Å². The van der Waals surface area contributed by atoms with E-state index in [4.69, 9.17) is 14.2 Å². The van der Waals surface area contributed by atoms with Crippen LogP contribution < -0.4 is 5.32 Å². The highest BCUT2D eigenvalue weighted by Crippen LogP contribution is 2.26. The molecule has 11 heteroatoms. The molecule has 81 heavy (non-hydrogen) atoms. The second-order valence-corrected chi connectivity index (χ2v) is 23.2. The van der Waals surface area contributed by atoms with E-state index in [9.17, 15) is 35.1 Å². The average Bonchev–Trinajstić information content (AvgIpc) is 3.46. The topological polar surface area (TPSA) is 175 Å². The maximum Gasteiger partial charge on any atom is 0.306 e. The Morgan fingerprint density at radius 3 is 1.31 bits per heavy atom. The van der Waals surface area contributed by atoms with Crippen molar-refractivity contribution in [3.8, 4) is 0 Å². The first-order chi connectivity index (χ1) is 39.7. The summed E-state index contributed by atoms with van der Waals surface area (Å²) in [7, 11) is 0. The number of allylic oxidation sites excluding steroid dienone is 11. The predicted molar refractivity (Wildman–Crippen MR) is 338 cm³/mol. The third-order valence-corrected chi connectivity index (χ3v) is 15.6. The maximum absolute atomic E-state index is 13.5. The maximum atomic E-state index is 13.5. The van der Waals surface area contributed by atoms with Gasteiger partial charge in [0, 0.05) is 6.42 Å². The molecule has 0 bridgehead atoms. The number of ether oxygens (including phenoxy) is 3. The molecule has 1 heterocycles. The second-order valence-electron chi connectivity index (χ2n) is 23.2. The van der Waals surface area contributed by atoms with Crippen LogP contribution in [0.1, 0.15) is 297 Å². The first-order valence-corrected chi connectivity index (χ1v) is 33.7. The van der Waals surface area contributed by atoms with E-state index in [0.717, 1.165) is 83.5 Å². The molecule has 11 nitrogen and oxygen atoms in total. The molecule has 6 N–H and O–H groups in total. The molecular weight excluding hydrogens is 1010 g/mol. The van der Waals surface area contributed by atoms with Gasteiger partial charge in [-0.05, 0) is 96.3 Å². The Bertz CT molecular complexity index is 1590. The van der Waals surface area contributed by atoms with Crippen molar-refractivity contribution in [3.05, 3.63) is 72.9 Å². The lowest BCUT2D eigenvalue weighted by atomic mass is 9.99. The number of hydrogen-bond acceptors (Lipinski definition) is 10. The lowest BCUT2D eigenvalue weighted by molar-refractivity contribution is -0.305. The van der Waals surface area contributed by atoms with Crippen LogP contribution in [0.5, 0.6) is 0 Å². The zero-order chi connectivity index (χ0) is 58.9. The van der Waals surface area contributed by atoms with Crippen LogP contribution in [0, 0.1) is 0 Å². The Balaban J connectivity index is 2.67. The Hall–Kier alpha value is -2.90. The summed E-state index contributed by atoms with van der Waals surface area (Å²) in [6.45, 7) is 5.77. The zero-order valence-corrected chi connectivity index (χ0v) is 52.1. The van der Waals surface area contributed by atoms with Crippen molar-refractivity contribution < 1.29 is 49.3 Å². The third kappa shape index (κ3) is 45.2. The minimum Gasteiger partial charge on any atom is -0.454 e. The van der Waals surface area contributed by atoms with Crippen molar-refractivity contribution >= 4 is 11.9 Å². The van der Waals surface area contributed by atoms with Crippen molar-refractivity contribution in [2.45, 2.75) is 346 Å². The Labute approximate surface area is 496 Å². The van der Waals surface area contributed by atoms with E-state index in [0.29, 0.717) is 12.8 Å². The molecule has 1 rings (SSSR count). The largest absolute Gasteiger partial charge is 0.454 e. The molecule has 0 aromatic carbocycles. The fraction of sp³-hybridized carbons (Fsp3) is 0.800. The quantitative estimate of drug-likeness (QED) is 0.0195. The van der Waals surface area contributed by atoms with Crippen molar-refractivity contribution in [2.24, 2.45) is 0 Å². The van der Waals surface area contributed by atoms with Gasteiger partial charge in [-0.2, -0.15) is 0 Å². The predicted octanol–water partition coefficient (Wildman–Crippen LogP) is 16.7. The first kappa shape index (κ1) is 76.1. The van der Waals surface area contributed by atoms with Gasteiger partial charge in [0.15, 0.2) is 12.4 Å². The Kier molecular flexibility index (Phi) is 54.1. The van der Waals surface area contributed by atoms with Crippen LogP contribution in [0.25, 0.3) is 0 Å². The molecule has 1 amide bonds. The highest BCUT2D eigenvalue weighted by molar-refractivity contribution is 5.80. The standard InChI is InChI=1S/C70H125NO10/c1-4-7-10-13-16-19-22-25-27-29-31-33-34-36-39-42-45-48-51-54-57-63(74)69(78)71-61(62(73)56-53-50-47-44-41-38-24-21-18-15-12-9-6-3)60-79-70-68(67(77)66(76)64(59-72)80-70)81-65(75)58-55-52-49-46-43-40-37-35-32-30-28-26-23-20-17-14-11-8-5-2/h16,19,25-28,31,33,36,39,53,56,61-64,66-68,70,72-74,76-77H,4-15,17-18,20-24,29-30,32,34-35,37-38,40-52,54-55,57-60H2,1-3H3,(H,71,78)/b19-16-,27-25-,28-26+,33-31-,39-36-,56-53+. The summed E-state index contributed by atoms with van der Waals surface area (Å²) < 4.78 is 17.7. The number of carbonyl (C=O) groups is 2. The highest BCUT2D eigenvalue weighted by atomic mass is 16.7. The fourth-order valence-electron chi connectivity index (χ4n) is 10.2. The smallest absolute Gasteiger partial charge is 0.306 e. The first-order valence-electron chi connectivity index (χ1n) is 33.7. The molecule has 1 aliphatic heterocycles. The molecule has 0 aromatic heterocycles. The number of amides is 1. The molecule has 1 saturated heterocycles. The number of esters is 1. The van der Waals surface area contributed by atoms with Crippen LogP contribution in [0.3, 0.4) is 0 Å². The molecule has 1 aliphatic rings. The zero-order valence-electron chi connectivity index (χ0n) is 52.1. The van der Waals surface area contributed by atoms with Gasteiger partial charge < -0.3 is 45.1 Å². The summed E-state index contributed by atoms with van der Waals surface area (Å²) in [5.41, 5.74) is 0. The summed E-state index contributed by atoms with van der Waals surface area (Å²) in [4.78, 5) is 26.6.